The van der Waals surface area contributed by atoms with E-state index in [1.165, 1.54) is 47.9 Å². The van der Waals surface area contributed by atoms with Gasteiger partial charge in [0.05, 0.1) is 12.3 Å². The molecule has 0 N–H and O–H groups in total. The quantitative estimate of drug-likeness (QED) is 0.329. The molecule has 0 fully saturated rings. The highest BCUT2D eigenvalue weighted by atomic mass is 16.5. The second-order valence-electron chi connectivity index (χ2n) is 7.64. The van der Waals surface area contributed by atoms with Gasteiger partial charge >= 0.3 is 0 Å². The van der Waals surface area contributed by atoms with Crippen LogP contribution in [0.15, 0.2) is 66.9 Å². The van der Waals surface area contributed by atoms with Gasteiger partial charge in [-0.15, -0.1) is 0 Å². The highest BCUT2D eigenvalue weighted by molar-refractivity contribution is 5.59. The van der Waals surface area contributed by atoms with Crippen molar-refractivity contribution in [1.82, 2.24) is 4.98 Å². The Balaban J connectivity index is 1.51. The number of hydrogen-bond acceptors (Lipinski definition) is 2. The van der Waals surface area contributed by atoms with Crippen molar-refractivity contribution >= 4 is 0 Å². The summed E-state index contributed by atoms with van der Waals surface area (Å²) < 4.78 is 5.51. The van der Waals surface area contributed by atoms with Gasteiger partial charge in [-0.3, -0.25) is 4.98 Å². The van der Waals surface area contributed by atoms with Crippen molar-refractivity contribution < 1.29 is 4.74 Å². The molecule has 0 saturated heterocycles. The first-order valence-electron chi connectivity index (χ1n) is 11.0. The van der Waals surface area contributed by atoms with Gasteiger partial charge in [0.15, 0.2) is 0 Å². The molecule has 0 atom stereocenters. The minimum Gasteiger partial charge on any atom is -0.494 e. The van der Waals surface area contributed by atoms with Crippen molar-refractivity contribution in [2.75, 3.05) is 6.61 Å². The van der Waals surface area contributed by atoms with E-state index in [9.17, 15) is 0 Å². The van der Waals surface area contributed by atoms with Gasteiger partial charge in [0, 0.05) is 11.8 Å². The molecule has 0 aliphatic carbocycles. The molecular weight excluding hydrogens is 354 g/mol. The fourth-order valence-electron chi connectivity index (χ4n) is 3.55. The lowest BCUT2D eigenvalue weighted by Crippen LogP contribution is -1.94. The molecule has 0 bridgehead atoms. The molecule has 2 aromatic carbocycles. The van der Waals surface area contributed by atoms with E-state index in [-0.39, 0.29) is 0 Å². The predicted molar refractivity (Wildman–Crippen MR) is 123 cm³/mol. The van der Waals surface area contributed by atoms with Crippen LogP contribution in [0, 0.1) is 0 Å². The summed E-state index contributed by atoms with van der Waals surface area (Å²) >= 11 is 0. The van der Waals surface area contributed by atoms with Crippen LogP contribution in [0.25, 0.3) is 11.3 Å². The molecule has 1 heterocycles. The number of aromatic nitrogens is 1. The Labute approximate surface area is 176 Å². The standard InChI is InChI=1S/C27H33NO/c1-3-5-6-7-8-24-15-20-27(28-21-24)25-16-11-22(12-17-25)9-10-23-13-18-26(19-14-23)29-4-2/h11-21H,3-10H2,1-2H3. The summed E-state index contributed by atoms with van der Waals surface area (Å²) in [5, 5.41) is 0. The third kappa shape index (κ3) is 6.74. The molecule has 0 radical (unpaired) electrons. The Hall–Kier alpha value is -2.61. The van der Waals surface area contributed by atoms with E-state index < -0.39 is 0 Å². The third-order valence-corrected chi connectivity index (χ3v) is 5.33. The largest absolute Gasteiger partial charge is 0.494 e. The van der Waals surface area contributed by atoms with Crippen molar-refractivity contribution in [2.24, 2.45) is 0 Å². The summed E-state index contributed by atoms with van der Waals surface area (Å²) in [4.78, 5) is 4.68. The summed E-state index contributed by atoms with van der Waals surface area (Å²) in [5.74, 6) is 0.945. The first-order chi connectivity index (χ1) is 14.3. The number of hydrogen-bond donors (Lipinski definition) is 0. The highest BCUT2D eigenvalue weighted by Crippen LogP contribution is 2.20. The summed E-state index contributed by atoms with van der Waals surface area (Å²) in [5.41, 5.74) is 6.29. The van der Waals surface area contributed by atoms with E-state index in [1.807, 2.05) is 13.1 Å². The number of ether oxygens (including phenoxy) is 1. The molecule has 0 unspecified atom stereocenters. The molecule has 3 rings (SSSR count). The number of aryl methyl sites for hydroxylation is 3. The topological polar surface area (TPSA) is 22.1 Å². The van der Waals surface area contributed by atoms with E-state index in [0.717, 1.165) is 30.7 Å². The molecular formula is C27H33NO. The van der Waals surface area contributed by atoms with Gasteiger partial charge in [-0.2, -0.15) is 0 Å². The van der Waals surface area contributed by atoms with E-state index in [2.05, 4.69) is 72.6 Å². The van der Waals surface area contributed by atoms with Gasteiger partial charge in [0.25, 0.3) is 0 Å². The Bertz CT molecular complexity index is 835. The van der Waals surface area contributed by atoms with Crippen LogP contribution in [-0.2, 0) is 19.3 Å². The lowest BCUT2D eigenvalue weighted by atomic mass is 10.0. The smallest absolute Gasteiger partial charge is 0.119 e. The van der Waals surface area contributed by atoms with Crippen molar-refractivity contribution in [2.45, 2.75) is 58.8 Å². The van der Waals surface area contributed by atoms with E-state index >= 15 is 0 Å². The predicted octanol–water partition coefficient (Wildman–Crippen LogP) is 7.06. The molecule has 0 spiro atoms. The minimum absolute atomic E-state index is 0.711. The zero-order valence-corrected chi connectivity index (χ0v) is 17.9. The molecule has 29 heavy (non-hydrogen) atoms. The van der Waals surface area contributed by atoms with Crippen LogP contribution in [-0.4, -0.2) is 11.6 Å². The maximum absolute atomic E-state index is 5.51. The fourth-order valence-corrected chi connectivity index (χ4v) is 3.55. The van der Waals surface area contributed by atoms with E-state index in [0.29, 0.717) is 6.61 Å². The van der Waals surface area contributed by atoms with Crippen molar-refractivity contribution in [3.63, 3.8) is 0 Å². The van der Waals surface area contributed by atoms with E-state index in [1.54, 1.807) is 0 Å². The molecule has 0 aliphatic heterocycles. The average Bonchev–Trinajstić information content (AvgIpc) is 2.77. The van der Waals surface area contributed by atoms with E-state index in [4.69, 9.17) is 4.74 Å². The number of unbranched alkanes of at least 4 members (excludes halogenated alkanes) is 3. The first kappa shape index (κ1) is 21.1. The molecule has 3 aromatic rings. The molecule has 1 aromatic heterocycles. The second kappa shape index (κ2) is 11.4. The minimum atomic E-state index is 0.711. The van der Waals surface area contributed by atoms with Crippen molar-refractivity contribution in [3.05, 3.63) is 83.6 Å². The van der Waals surface area contributed by atoms with Gasteiger partial charge in [-0.1, -0.05) is 68.7 Å². The zero-order valence-electron chi connectivity index (χ0n) is 17.9. The Morgan fingerprint density at radius 2 is 1.31 bits per heavy atom. The van der Waals surface area contributed by atoms with Crippen molar-refractivity contribution in [3.8, 4) is 17.0 Å². The number of pyridine rings is 1. The van der Waals surface area contributed by atoms with Crippen LogP contribution >= 0.6 is 0 Å². The average molecular weight is 388 g/mol. The number of nitrogens with zero attached hydrogens (tertiary/aromatic N) is 1. The lowest BCUT2D eigenvalue weighted by Gasteiger charge is -2.07. The molecule has 0 saturated carbocycles. The fraction of sp³-hybridized carbons (Fsp3) is 0.370. The third-order valence-electron chi connectivity index (χ3n) is 5.33. The van der Waals surface area contributed by atoms with Gasteiger partial charge < -0.3 is 4.74 Å². The molecule has 0 amide bonds. The maximum atomic E-state index is 5.51. The Morgan fingerprint density at radius 3 is 1.90 bits per heavy atom. The maximum Gasteiger partial charge on any atom is 0.119 e. The van der Waals surface area contributed by atoms with Crippen molar-refractivity contribution in [1.29, 1.82) is 0 Å². The number of benzene rings is 2. The first-order valence-corrected chi connectivity index (χ1v) is 11.0. The summed E-state index contributed by atoms with van der Waals surface area (Å²) in [7, 11) is 0. The summed E-state index contributed by atoms with van der Waals surface area (Å²) in [6.45, 7) is 4.97. The highest BCUT2D eigenvalue weighted by Gasteiger charge is 2.02. The van der Waals surface area contributed by atoms with Gasteiger partial charge in [-0.05, 0) is 67.5 Å². The van der Waals surface area contributed by atoms with Crippen LogP contribution in [0.3, 0.4) is 0 Å². The zero-order chi connectivity index (χ0) is 20.3. The molecule has 152 valence electrons. The Kier molecular flexibility index (Phi) is 8.30. The monoisotopic (exact) mass is 387 g/mol. The molecule has 2 heteroatoms. The Morgan fingerprint density at radius 1 is 0.655 bits per heavy atom. The number of rotatable bonds is 11. The van der Waals surface area contributed by atoms with Crippen LogP contribution in [0.4, 0.5) is 0 Å². The summed E-state index contributed by atoms with van der Waals surface area (Å²) in [6.07, 6.45) is 10.5. The second-order valence-corrected chi connectivity index (χ2v) is 7.64. The van der Waals surface area contributed by atoms with Crippen LogP contribution < -0.4 is 4.74 Å². The van der Waals surface area contributed by atoms with Crippen LogP contribution in [0.5, 0.6) is 5.75 Å². The SMILES string of the molecule is CCCCCCc1ccc(-c2ccc(CCc3ccc(OCC)cc3)cc2)nc1. The molecule has 0 aliphatic rings. The lowest BCUT2D eigenvalue weighted by molar-refractivity contribution is 0.340. The van der Waals surface area contributed by atoms with Gasteiger partial charge in [0.2, 0.25) is 0 Å². The van der Waals surface area contributed by atoms with Gasteiger partial charge in [-0.25, -0.2) is 0 Å². The molecule has 2 nitrogen and oxygen atoms in total. The van der Waals surface area contributed by atoms with Gasteiger partial charge in [0.1, 0.15) is 5.75 Å². The summed E-state index contributed by atoms with van der Waals surface area (Å²) in [6, 6.07) is 21.7. The van der Waals surface area contributed by atoms with Crippen LogP contribution in [0.2, 0.25) is 0 Å². The van der Waals surface area contributed by atoms with Crippen LogP contribution in [0.1, 0.15) is 56.2 Å². The normalized spacial score (nSPS) is 10.8.